The van der Waals surface area contributed by atoms with Crippen molar-refractivity contribution in [1.82, 2.24) is 10.3 Å². The molecule has 0 aliphatic rings. The lowest BCUT2D eigenvalue weighted by atomic mass is 9.94. The van der Waals surface area contributed by atoms with Crippen LogP contribution >= 0.6 is 0 Å². The summed E-state index contributed by atoms with van der Waals surface area (Å²) in [6, 6.07) is 8.56. The van der Waals surface area contributed by atoms with Crippen LogP contribution in [0.2, 0.25) is 0 Å². The van der Waals surface area contributed by atoms with E-state index in [0.717, 1.165) is 17.5 Å². The predicted octanol–water partition coefficient (Wildman–Crippen LogP) is 3.38. The molecule has 0 saturated heterocycles. The van der Waals surface area contributed by atoms with Gasteiger partial charge in [0.2, 0.25) is 0 Å². The molecule has 5 heteroatoms. The van der Waals surface area contributed by atoms with Crippen molar-refractivity contribution in [3.63, 3.8) is 0 Å². The largest absolute Gasteiger partial charge is 0.496 e. The second kappa shape index (κ2) is 9.67. The normalized spacial score (nSPS) is 11.7. The molecule has 0 spiro atoms. The fourth-order valence-corrected chi connectivity index (χ4v) is 2.87. The minimum absolute atomic E-state index is 0.0378. The first-order valence-corrected chi connectivity index (χ1v) is 8.96. The molecule has 0 fully saturated rings. The molecule has 1 amide bonds. The molecule has 27 heavy (non-hydrogen) atoms. The minimum atomic E-state index is -0.588. The summed E-state index contributed by atoms with van der Waals surface area (Å²) in [6.45, 7) is 7.56. The van der Waals surface area contributed by atoms with Gasteiger partial charge in [-0.1, -0.05) is 32.1 Å². The number of aromatic nitrogens is 1. The molecule has 1 aromatic heterocycles. The highest BCUT2D eigenvalue weighted by atomic mass is 16.5. The summed E-state index contributed by atoms with van der Waals surface area (Å²) in [5.41, 5.74) is 2.31. The van der Waals surface area contributed by atoms with Crippen LogP contribution in [0.15, 0.2) is 55.4 Å². The van der Waals surface area contributed by atoms with E-state index in [4.69, 9.17) is 4.74 Å². The third kappa shape index (κ3) is 5.51. The third-order valence-corrected chi connectivity index (χ3v) is 4.32. The molecule has 1 N–H and O–H groups in total. The fourth-order valence-electron chi connectivity index (χ4n) is 2.87. The maximum absolute atomic E-state index is 12.9. The number of allylic oxidation sites excluding steroid dienone is 1. The monoisotopic (exact) mass is 366 g/mol. The number of methoxy groups -OCH3 is 1. The number of benzene rings is 1. The highest BCUT2D eigenvalue weighted by Crippen LogP contribution is 2.22. The summed E-state index contributed by atoms with van der Waals surface area (Å²) >= 11 is 0. The number of hydrogen-bond acceptors (Lipinski definition) is 4. The molecule has 0 saturated carbocycles. The highest BCUT2D eigenvalue weighted by molar-refractivity contribution is 5.98. The molecule has 1 unspecified atom stereocenters. The molecule has 2 rings (SSSR count). The highest BCUT2D eigenvalue weighted by Gasteiger charge is 2.25. The average Bonchev–Trinajstić information content (AvgIpc) is 2.67. The number of nitrogens with one attached hydrogen (secondary N) is 1. The summed E-state index contributed by atoms with van der Waals surface area (Å²) < 4.78 is 5.44. The van der Waals surface area contributed by atoms with Gasteiger partial charge in [-0.2, -0.15) is 0 Å². The van der Waals surface area contributed by atoms with Gasteiger partial charge in [0.25, 0.3) is 5.91 Å². The second-order valence-corrected chi connectivity index (χ2v) is 6.72. The number of rotatable bonds is 9. The van der Waals surface area contributed by atoms with Crippen LogP contribution in [0.3, 0.4) is 0 Å². The van der Waals surface area contributed by atoms with Gasteiger partial charge in [-0.15, -0.1) is 6.58 Å². The number of hydrogen-bond donors (Lipinski definition) is 1. The van der Waals surface area contributed by atoms with Crippen molar-refractivity contribution in [2.24, 2.45) is 5.92 Å². The van der Waals surface area contributed by atoms with E-state index in [1.807, 2.05) is 38.1 Å². The standard InChI is InChI=1S/C22H26N2O3/c1-5-7-16-9-10-17(20(12-16)27-4)13-19(25)21(15(2)3)24-22(26)18-8-6-11-23-14-18/h5-6,8-12,14-15,21H,1,7,13H2,2-4H3,(H,24,26). The van der Waals surface area contributed by atoms with Crippen molar-refractivity contribution < 1.29 is 14.3 Å². The van der Waals surface area contributed by atoms with Crippen LogP contribution in [-0.2, 0) is 17.6 Å². The second-order valence-electron chi connectivity index (χ2n) is 6.72. The van der Waals surface area contributed by atoms with E-state index in [-0.39, 0.29) is 24.0 Å². The molecule has 1 aromatic carbocycles. The minimum Gasteiger partial charge on any atom is -0.496 e. The zero-order valence-corrected chi connectivity index (χ0v) is 16.1. The van der Waals surface area contributed by atoms with E-state index in [2.05, 4.69) is 16.9 Å². The maximum atomic E-state index is 12.9. The number of carbonyl (C=O) groups is 2. The van der Waals surface area contributed by atoms with E-state index in [0.29, 0.717) is 11.3 Å². The molecule has 0 aliphatic carbocycles. The van der Waals surface area contributed by atoms with Gasteiger partial charge in [-0.05, 0) is 36.1 Å². The average molecular weight is 366 g/mol. The molecule has 2 aromatic rings. The van der Waals surface area contributed by atoms with Gasteiger partial charge in [0.1, 0.15) is 5.75 Å². The zero-order chi connectivity index (χ0) is 19.8. The molecular formula is C22H26N2O3. The van der Waals surface area contributed by atoms with Gasteiger partial charge in [-0.3, -0.25) is 14.6 Å². The van der Waals surface area contributed by atoms with Crippen LogP contribution in [0.1, 0.15) is 35.3 Å². The van der Waals surface area contributed by atoms with E-state index < -0.39 is 6.04 Å². The summed E-state index contributed by atoms with van der Waals surface area (Å²) in [5.74, 6) is 0.272. The van der Waals surface area contributed by atoms with Gasteiger partial charge < -0.3 is 10.1 Å². The van der Waals surface area contributed by atoms with Gasteiger partial charge in [0, 0.05) is 24.4 Å². The summed E-state index contributed by atoms with van der Waals surface area (Å²) in [7, 11) is 1.59. The van der Waals surface area contributed by atoms with Crippen LogP contribution in [0.25, 0.3) is 0 Å². The van der Waals surface area contributed by atoms with E-state index in [1.165, 1.54) is 6.20 Å². The van der Waals surface area contributed by atoms with Gasteiger partial charge in [-0.25, -0.2) is 0 Å². The Morgan fingerprint density at radius 3 is 2.67 bits per heavy atom. The van der Waals surface area contributed by atoms with Crippen molar-refractivity contribution in [3.8, 4) is 5.75 Å². The van der Waals surface area contributed by atoms with Crippen LogP contribution in [0.4, 0.5) is 0 Å². The molecule has 1 atom stereocenters. The fraction of sp³-hybridized carbons (Fsp3) is 0.318. The molecule has 142 valence electrons. The van der Waals surface area contributed by atoms with E-state index in [9.17, 15) is 9.59 Å². The Hall–Kier alpha value is -2.95. The summed E-state index contributed by atoms with van der Waals surface area (Å²) in [6.07, 6.45) is 5.83. The topological polar surface area (TPSA) is 68.3 Å². The van der Waals surface area contributed by atoms with Crippen molar-refractivity contribution in [2.45, 2.75) is 32.7 Å². The molecule has 0 radical (unpaired) electrons. The smallest absolute Gasteiger partial charge is 0.253 e. The number of Topliss-reactive ketones (excluding diaryl/α,β-unsaturated/α-hetero) is 1. The first-order valence-electron chi connectivity index (χ1n) is 8.96. The van der Waals surface area contributed by atoms with Gasteiger partial charge >= 0.3 is 0 Å². The van der Waals surface area contributed by atoms with Crippen LogP contribution < -0.4 is 10.1 Å². The molecule has 5 nitrogen and oxygen atoms in total. The zero-order valence-electron chi connectivity index (χ0n) is 16.1. The van der Waals surface area contributed by atoms with Crippen LogP contribution in [0, 0.1) is 5.92 Å². The van der Waals surface area contributed by atoms with Crippen LogP contribution in [-0.4, -0.2) is 29.8 Å². The lowest BCUT2D eigenvalue weighted by Crippen LogP contribution is -2.45. The van der Waals surface area contributed by atoms with Crippen molar-refractivity contribution in [1.29, 1.82) is 0 Å². The Balaban J connectivity index is 2.15. The summed E-state index contributed by atoms with van der Waals surface area (Å²) in [4.78, 5) is 29.3. The van der Waals surface area contributed by atoms with Crippen molar-refractivity contribution in [3.05, 3.63) is 72.1 Å². The lowest BCUT2D eigenvalue weighted by molar-refractivity contribution is -0.121. The van der Waals surface area contributed by atoms with Crippen molar-refractivity contribution >= 4 is 11.7 Å². The van der Waals surface area contributed by atoms with E-state index in [1.54, 1.807) is 25.4 Å². The number of nitrogens with zero attached hydrogens (tertiary/aromatic N) is 1. The number of amides is 1. The lowest BCUT2D eigenvalue weighted by Gasteiger charge is -2.22. The predicted molar refractivity (Wildman–Crippen MR) is 106 cm³/mol. The Morgan fingerprint density at radius 2 is 2.07 bits per heavy atom. The number of carbonyl (C=O) groups excluding carboxylic acids is 2. The molecular weight excluding hydrogens is 340 g/mol. The number of ketones is 1. The SMILES string of the molecule is C=CCc1ccc(CC(=O)C(NC(=O)c2cccnc2)C(C)C)c(OC)c1. The van der Waals surface area contributed by atoms with Crippen molar-refractivity contribution in [2.75, 3.05) is 7.11 Å². The first-order chi connectivity index (χ1) is 13.0. The third-order valence-electron chi connectivity index (χ3n) is 4.32. The van der Waals surface area contributed by atoms with Gasteiger partial charge in [0.05, 0.1) is 18.7 Å². The Bertz CT molecular complexity index is 800. The Kier molecular flexibility index (Phi) is 7.29. The molecule has 1 heterocycles. The molecule has 0 bridgehead atoms. The van der Waals surface area contributed by atoms with E-state index >= 15 is 0 Å². The van der Waals surface area contributed by atoms with Gasteiger partial charge in [0.15, 0.2) is 5.78 Å². The summed E-state index contributed by atoms with van der Waals surface area (Å²) in [5, 5.41) is 2.84. The number of ether oxygens (including phenoxy) is 1. The Morgan fingerprint density at radius 1 is 1.30 bits per heavy atom. The first kappa shape index (κ1) is 20.4. The van der Waals surface area contributed by atoms with Crippen LogP contribution in [0.5, 0.6) is 5.75 Å². The maximum Gasteiger partial charge on any atom is 0.253 e. The molecule has 0 aliphatic heterocycles. The Labute approximate surface area is 160 Å². The number of pyridine rings is 1. The quantitative estimate of drug-likeness (QED) is 0.691.